The van der Waals surface area contributed by atoms with Gasteiger partial charge in [0.25, 0.3) is 0 Å². The minimum Gasteiger partial charge on any atom is -0.512 e. The van der Waals surface area contributed by atoms with Crippen molar-refractivity contribution in [3.8, 4) is 0 Å². The van der Waals surface area contributed by atoms with Crippen LogP contribution >= 0.6 is 0 Å². The van der Waals surface area contributed by atoms with Gasteiger partial charge in [-0.3, -0.25) is 0 Å². The van der Waals surface area contributed by atoms with Crippen LogP contribution in [-0.2, 0) is 0 Å². The van der Waals surface area contributed by atoms with Gasteiger partial charge in [-0.05, 0) is 0 Å². The number of rotatable bonds is 0. The Kier molecular flexibility index (Phi) is 5850. The van der Waals surface area contributed by atoms with Crippen molar-refractivity contribution in [2.24, 2.45) is 0 Å². The summed E-state index contributed by atoms with van der Waals surface area (Å²) in [5.41, 5.74) is 0. The molecule has 0 N–H and O–H groups in total. The molecular formula is C2InN2-2. The van der Waals surface area contributed by atoms with Gasteiger partial charge >= 0.3 is 0 Å². The molecule has 0 aromatic carbocycles. The molecule has 0 aliphatic rings. The minimum atomic E-state index is 0. The van der Waals surface area contributed by atoms with E-state index in [1.807, 2.05) is 0 Å². The third-order valence-corrected chi connectivity index (χ3v) is 0. The zero-order valence-electron chi connectivity index (χ0n) is 2.47. The molecule has 0 aromatic heterocycles. The van der Waals surface area contributed by atoms with Gasteiger partial charge in [0.05, 0.1) is 0 Å². The maximum atomic E-state index is 6.25. The average Bonchev–Trinajstić information content (AvgIpc) is 1.50. The van der Waals surface area contributed by atoms with Gasteiger partial charge < -0.3 is 23.7 Å². The van der Waals surface area contributed by atoms with Crippen LogP contribution in [0.5, 0.6) is 0 Å². The molecule has 0 fully saturated rings. The third-order valence-electron chi connectivity index (χ3n) is 0. The molecule has 0 unspecified atom stereocenters. The summed E-state index contributed by atoms with van der Waals surface area (Å²) in [6.45, 7) is 9.50. The summed E-state index contributed by atoms with van der Waals surface area (Å²) in [7, 11) is 0. The molecule has 0 bridgehead atoms. The van der Waals surface area contributed by atoms with Crippen LogP contribution in [0.3, 0.4) is 0 Å². The van der Waals surface area contributed by atoms with Crippen molar-refractivity contribution in [1.29, 1.82) is 10.5 Å². The van der Waals surface area contributed by atoms with Crippen LogP contribution in [0.4, 0.5) is 0 Å². The second kappa shape index (κ2) is 1390. The van der Waals surface area contributed by atoms with E-state index in [0.717, 1.165) is 0 Å². The topological polar surface area (TPSA) is 47.6 Å². The summed E-state index contributed by atoms with van der Waals surface area (Å²) in [5, 5.41) is 12.5. The molecule has 0 atom stereocenters. The van der Waals surface area contributed by atoms with Gasteiger partial charge in [0.1, 0.15) is 0 Å². The van der Waals surface area contributed by atoms with E-state index in [4.69, 9.17) is 23.7 Å². The molecule has 0 spiro atoms. The Morgan fingerprint density at radius 3 is 0.800 bits per heavy atom. The van der Waals surface area contributed by atoms with Crippen LogP contribution in [-0.4, -0.2) is 25.8 Å². The third kappa shape index (κ3) is 587. The van der Waals surface area contributed by atoms with E-state index in [1.165, 1.54) is 0 Å². The number of hydrogen-bond donors (Lipinski definition) is 0. The summed E-state index contributed by atoms with van der Waals surface area (Å²) in [6.07, 6.45) is 0. The first-order chi connectivity index (χ1) is 2.00. The molecular weight excluding hydrogens is 167 g/mol. The minimum absolute atomic E-state index is 0. The van der Waals surface area contributed by atoms with Crippen molar-refractivity contribution in [2.75, 3.05) is 0 Å². The van der Waals surface area contributed by atoms with Gasteiger partial charge in [0, 0.05) is 25.8 Å². The first-order valence-corrected chi connectivity index (χ1v) is 0.447. The molecule has 0 aliphatic carbocycles. The Morgan fingerprint density at radius 1 is 0.800 bits per heavy atom. The molecule has 0 aromatic rings. The molecule has 0 aliphatic heterocycles. The molecule has 3 radical (unpaired) electrons. The second-order valence-corrected chi connectivity index (χ2v) is 0. The normalized spacial score (nSPS) is 0.800. The van der Waals surface area contributed by atoms with Crippen LogP contribution in [0.1, 0.15) is 0 Å². The van der Waals surface area contributed by atoms with E-state index >= 15 is 0 Å². The average molecular weight is 167 g/mol. The van der Waals surface area contributed by atoms with E-state index in [9.17, 15) is 0 Å². The van der Waals surface area contributed by atoms with E-state index in [2.05, 4.69) is 0 Å². The molecule has 0 rings (SSSR count). The van der Waals surface area contributed by atoms with Crippen molar-refractivity contribution < 1.29 is 0 Å². The van der Waals surface area contributed by atoms with Crippen LogP contribution < -0.4 is 0 Å². The van der Waals surface area contributed by atoms with E-state index in [1.54, 1.807) is 0 Å². The van der Waals surface area contributed by atoms with Crippen LogP contribution in [0.15, 0.2) is 0 Å². The SMILES string of the molecule is [C-]#N.[C-]#N.[In]. The van der Waals surface area contributed by atoms with Crippen molar-refractivity contribution in [2.45, 2.75) is 0 Å². The van der Waals surface area contributed by atoms with Crippen molar-refractivity contribution in [1.82, 2.24) is 0 Å². The molecule has 3 heteroatoms. The fourth-order valence-electron chi connectivity index (χ4n) is 0. The Labute approximate surface area is 49.8 Å². The largest absolute Gasteiger partial charge is 0.512 e. The Bertz CT molecular complexity index is 23.1. The molecule has 0 saturated heterocycles. The summed E-state index contributed by atoms with van der Waals surface area (Å²) in [6, 6.07) is 0. The van der Waals surface area contributed by atoms with Gasteiger partial charge in [-0.2, -0.15) is 0 Å². The second-order valence-electron chi connectivity index (χ2n) is 0. The van der Waals surface area contributed by atoms with Gasteiger partial charge in [-0.1, -0.05) is 0 Å². The fraction of sp³-hybridized carbons (Fsp3) is 0. The standard InChI is InChI=1S/2CN.In/c2*1-2;/q2*-1;. The molecule has 0 saturated carbocycles. The van der Waals surface area contributed by atoms with Gasteiger partial charge in [-0.15, -0.1) is 0 Å². The molecule has 23 valence electrons. The van der Waals surface area contributed by atoms with Crippen molar-refractivity contribution >= 4 is 25.8 Å². The van der Waals surface area contributed by atoms with Crippen LogP contribution in [0.2, 0.25) is 0 Å². The first kappa shape index (κ1) is 21.0. The summed E-state index contributed by atoms with van der Waals surface area (Å²) < 4.78 is 0. The maximum Gasteiger partial charge on any atom is 0 e. The molecule has 0 amide bonds. The summed E-state index contributed by atoms with van der Waals surface area (Å²) >= 11 is 0. The molecule has 5 heavy (non-hydrogen) atoms. The fourth-order valence-corrected chi connectivity index (χ4v) is 0. The van der Waals surface area contributed by atoms with Gasteiger partial charge in [-0.25, -0.2) is 0 Å². The maximum absolute atomic E-state index is 6.25. The van der Waals surface area contributed by atoms with E-state index in [0.29, 0.717) is 0 Å². The Balaban J connectivity index is -0.0000000133. The number of hydrogen-bond acceptors (Lipinski definition) is 2. The Morgan fingerprint density at radius 2 is 0.800 bits per heavy atom. The van der Waals surface area contributed by atoms with Crippen LogP contribution in [0, 0.1) is 23.7 Å². The van der Waals surface area contributed by atoms with Gasteiger partial charge in [0.2, 0.25) is 0 Å². The van der Waals surface area contributed by atoms with Gasteiger partial charge in [0.15, 0.2) is 0 Å². The summed E-state index contributed by atoms with van der Waals surface area (Å²) in [4.78, 5) is 0. The smallest absolute Gasteiger partial charge is 0 e. The quantitative estimate of drug-likeness (QED) is 0.469. The predicted octanol–water partition coefficient (Wildman–Crippen LogP) is -0.188. The van der Waals surface area contributed by atoms with Crippen LogP contribution in [0.25, 0.3) is 0 Å². The van der Waals surface area contributed by atoms with Crippen molar-refractivity contribution in [3.63, 3.8) is 0 Å². The van der Waals surface area contributed by atoms with E-state index < -0.39 is 0 Å². The first-order valence-electron chi connectivity index (χ1n) is 0.447. The van der Waals surface area contributed by atoms with E-state index in [-0.39, 0.29) is 25.8 Å². The zero-order chi connectivity index (χ0) is 4.00. The zero-order valence-corrected chi connectivity index (χ0v) is 5.77. The Hall–Kier alpha value is -0.150. The summed E-state index contributed by atoms with van der Waals surface area (Å²) in [5.74, 6) is 0. The monoisotopic (exact) mass is 167 g/mol. The molecule has 2 nitrogen and oxygen atoms in total. The molecule has 0 heterocycles. The predicted molar refractivity (Wildman–Crippen MR) is 15.7 cm³/mol. The number of nitrogens with zero attached hydrogens (tertiary/aromatic N) is 2. The van der Waals surface area contributed by atoms with Crippen molar-refractivity contribution in [3.05, 3.63) is 13.1 Å².